The summed E-state index contributed by atoms with van der Waals surface area (Å²) in [6.45, 7) is 4.30. The number of carbonyl (C=O) groups is 1. The number of ether oxygens (including phenoxy) is 4. The summed E-state index contributed by atoms with van der Waals surface area (Å²) in [5.41, 5.74) is 2.52. The third kappa shape index (κ3) is 6.19. The minimum Gasteiger partial charge on any atom is -0.493 e. The minimum atomic E-state index is -0.529. The van der Waals surface area contributed by atoms with E-state index in [9.17, 15) is 4.79 Å². The van der Waals surface area contributed by atoms with Crippen molar-refractivity contribution >= 4 is 51.4 Å². The van der Waals surface area contributed by atoms with E-state index in [0.29, 0.717) is 49.4 Å². The van der Waals surface area contributed by atoms with Crippen molar-refractivity contribution in [2.75, 3.05) is 27.4 Å². The highest BCUT2D eigenvalue weighted by Crippen LogP contribution is 2.34. The average Bonchev–Trinajstić information content (AvgIpc) is 3.42. The molecule has 0 aromatic heterocycles. The molecular formula is C31H27ClN4O5S. The van der Waals surface area contributed by atoms with Crippen LogP contribution in [0.4, 0.5) is 0 Å². The lowest BCUT2D eigenvalue weighted by atomic mass is 10.1. The lowest BCUT2D eigenvalue weighted by Gasteiger charge is -2.20. The molecule has 0 unspecified atom stereocenters. The van der Waals surface area contributed by atoms with E-state index in [1.165, 1.54) is 23.9 Å². The van der Waals surface area contributed by atoms with Gasteiger partial charge in [-0.15, -0.1) is 6.58 Å². The zero-order valence-electron chi connectivity index (χ0n) is 22.9. The molecule has 5 rings (SSSR count). The molecule has 2 aliphatic rings. The highest BCUT2D eigenvalue weighted by atomic mass is 35.5. The maximum absolute atomic E-state index is 12.9. The summed E-state index contributed by atoms with van der Waals surface area (Å²) in [7, 11) is 3.13. The van der Waals surface area contributed by atoms with Gasteiger partial charge in [0.2, 0.25) is 5.17 Å². The van der Waals surface area contributed by atoms with Crippen molar-refractivity contribution in [3.8, 4) is 23.0 Å². The molecule has 0 saturated carbocycles. The van der Waals surface area contributed by atoms with Gasteiger partial charge in [-0.3, -0.25) is 10.2 Å². The molecule has 0 saturated heterocycles. The van der Waals surface area contributed by atoms with Gasteiger partial charge in [0, 0.05) is 5.56 Å². The largest absolute Gasteiger partial charge is 0.493 e. The number of hydrazone groups is 1. The number of aliphatic imine (C=N–C) groups is 1. The summed E-state index contributed by atoms with van der Waals surface area (Å²) in [5.74, 6) is 1.62. The van der Waals surface area contributed by atoms with E-state index in [4.69, 9.17) is 36.0 Å². The number of carbonyl (C=O) groups excluding carboxylic acids is 1. The molecule has 0 radical (unpaired) electrons. The second-order valence-corrected chi connectivity index (χ2v) is 10.4. The van der Waals surface area contributed by atoms with Crippen LogP contribution in [-0.4, -0.2) is 54.4 Å². The second-order valence-electron chi connectivity index (χ2n) is 8.99. The van der Waals surface area contributed by atoms with Gasteiger partial charge in [-0.1, -0.05) is 48.0 Å². The molecule has 1 amide bonds. The predicted molar refractivity (Wildman–Crippen MR) is 166 cm³/mol. The minimum absolute atomic E-state index is 0.0797. The standard InChI is InChI=1S/C31H27ClN4O5S/c1-4-7-19-10-12-24(26(17-19)38-2)40-14-15-41-25-13-11-20(18-27(25)39-3)16-22-28(33)36-31(34-29(22)37)42-30(35-36)21-8-5-6-9-23(21)32/h4-6,8-13,16-18,33H,1,7,14-15H2,2-3H3/b22-16-,33-28?. The fraction of sp³-hybridized carbons (Fsp3) is 0.161. The number of methoxy groups -OCH3 is 2. The third-order valence-corrected chi connectivity index (χ3v) is 7.54. The zero-order chi connectivity index (χ0) is 29.6. The molecule has 0 atom stereocenters. The molecule has 2 heterocycles. The molecule has 9 nitrogen and oxygen atoms in total. The highest BCUT2D eigenvalue weighted by Gasteiger charge is 2.36. The van der Waals surface area contributed by atoms with Crippen LogP contribution in [0.5, 0.6) is 23.0 Å². The third-order valence-electron chi connectivity index (χ3n) is 6.26. The molecule has 214 valence electrons. The molecule has 1 N–H and O–H groups in total. The Kier molecular flexibility index (Phi) is 8.94. The molecule has 2 aliphatic heterocycles. The number of fused-ring (bicyclic) bond motifs is 1. The molecule has 0 fully saturated rings. The Morgan fingerprint density at radius 3 is 2.36 bits per heavy atom. The van der Waals surface area contributed by atoms with Crippen LogP contribution in [0.2, 0.25) is 5.02 Å². The van der Waals surface area contributed by atoms with Crippen LogP contribution >= 0.6 is 23.4 Å². The Morgan fingerprint density at radius 1 is 0.976 bits per heavy atom. The van der Waals surface area contributed by atoms with Crippen molar-refractivity contribution < 1.29 is 23.7 Å². The molecular weight excluding hydrogens is 576 g/mol. The van der Waals surface area contributed by atoms with E-state index in [1.54, 1.807) is 37.5 Å². The SMILES string of the molecule is C=CCc1ccc(OCCOc2ccc(/C=C3/C(=N)N4N=C(c5ccccc5Cl)SC4=NC3=O)cc2OC)c(OC)c1. The van der Waals surface area contributed by atoms with Gasteiger partial charge in [0.25, 0.3) is 5.91 Å². The molecule has 0 bridgehead atoms. The monoisotopic (exact) mass is 602 g/mol. The first kappa shape index (κ1) is 29.0. The number of halogens is 1. The van der Waals surface area contributed by atoms with Crippen molar-refractivity contribution in [2.45, 2.75) is 6.42 Å². The van der Waals surface area contributed by atoms with Crippen LogP contribution < -0.4 is 18.9 Å². The van der Waals surface area contributed by atoms with Gasteiger partial charge >= 0.3 is 0 Å². The summed E-state index contributed by atoms with van der Waals surface area (Å²) >= 11 is 7.51. The Hall–Kier alpha value is -4.54. The van der Waals surface area contributed by atoms with Crippen molar-refractivity contribution in [3.05, 3.63) is 101 Å². The summed E-state index contributed by atoms with van der Waals surface area (Å²) in [6, 6.07) is 18.2. The van der Waals surface area contributed by atoms with Crippen LogP contribution in [0.15, 0.2) is 89.0 Å². The lowest BCUT2D eigenvalue weighted by Crippen LogP contribution is -2.35. The lowest BCUT2D eigenvalue weighted by molar-refractivity contribution is -0.114. The number of rotatable bonds is 11. The van der Waals surface area contributed by atoms with Crippen LogP contribution in [0, 0.1) is 5.41 Å². The van der Waals surface area contributed by atoms with E-state index >= 15 is 0 Å². The molecule has 0 aliphatic carbocycles. The van der Waals surface area contributed by atoms with Gasteiger partial charge in [-0.05, 0) is 65.7 Å². The number of nitrogens with one attached hydrogen (secondary N) is 1. The molecule has 11 heteroatoms. The van der Waals surface area contributed by atoms with E-state index in [1.807, 2.05) is 42.5 Å². The predicted octanol–water partition coefficient (Wildman–Crippen LogP) is 6.21. The smallest absolute Gasteiger partial charge is 0.283 e. The number of hydrogen-bond donors (Lipinski definition) is 1. The van der Waals surface area contributed by atoms with Gasteiger partial charge in [0.1, 0.15) is 18.3 Å². The summed E-state index contributed by atoms with van der Waals surface area (Å²) in [4.78, 5) is 17.0. The van der Waals surface area contributed by atoms with E-state index < -0.39 is 5.91 Å². The van der Waals surface area contributed by atoms with E-state index in [2.05, 4.69) is 16.7 Å². The number of allylic oxidation sites excluding steroid dienone is 1. The van der Waals surface area contributed by atoms with Crippen molar-refractivity contribution in [2.24, 2.45) is 10.1 Å². The van der Waals surface area contributed by atoms with E-state index in [0.717, 1.165) is 12.0 Å². The quantitative estimate of drug-likeness (QED) is 0.158. The number of amides is 1. The number of nitrogens with zero attached hydrogens (tertiary/aromatic N) is 3. The topological polar surface area (TPSA) is 106 Å². The Balaban J connectivity index is 1.26. The second kappa shape index (κ2) is 13.0. The Labute approximate surface area is 252 Å². The zero-order valence-corrected chi connectivity index (χ0v) is 24.5. The van der Waals surface area contributed by atoms with Gasteiger partial charge in [-0.2, -0.15) is 15.1 Å². The van der Waals surface area contributed by atoms with Gasteiger partial charge in [0.05, 0.1) is 24.8 Å². The number of benzene rings is 3. The van der Waals surface area contributed by atoms with Crippen LogP contribution in [0.1, 0.15) is 16.7 Å². The molecule has 3 aromatic carbocycles. The fourth-order valence-electron chi connectivity index (χ4n) is 4.22. The van der Waals surface area contributed by atoms with Gasteiger partial charge in [-0.25, -0.2) is 0 Å². The Morgan fingerprint density at radius 2 is 1.67 bits per heavy atom. The summed E-state index contributed by atoms with van der Waals surface area (Å²) < 4.78 is 22.7. The average molecular weight is 603 g/mol. The van der Waals surface area contributed by atoms with Crippen LogP contribution in [-0.2, 0) is 11.2 Å². The first-order chi connectivity index (χ1) is 20.4. The molecule has 3 aromatic rings. The first-order valence-electron chi connectivity index (χ1n) is 12.9. The molecule has 0 spiro atoms. The van der Waals surface area contributed by atoms with Crippen molar-refractivity contribution in [3.63, 3.8) is 0 Å². The van der Waals surface area contributed by atoms with Gasteiger partial charge < -0.3 is 18.9 Å². The van der Waals surface area contributed by atoms with E-state index in [-0.39, 0.29) is 24.6 Å². The first-order valence-corrected chi connectivity index (χ1v) is 14.1. The number of hydrogen-bond acceptors (Lipinski definition) is 8. The van der Waals surface area contributed by atoms with Crippen molar-refractivity contribution in [1.29, 1.82) is 5.41 Å². The number of thioether (sulfide) groups is 1. The maximum Gasteiger partial charge on any atom is 0.283 e. The van der Waals surface area contributed by atoms with Gasteiger partial charge in [0.15, 0.2) is 28.8 Å². The normalized spacial score (nSPS) is 15.2. The highest BCUT2D eigenvalue weighted by molar-refractivity contribution is 8.27. The Bertz CT molecular complexity index is 1650. The fourth-order valence-corrected chi connectivity index (χ4v) is 5.44. The number of amidine groups is 2. The van der Waals surface area contributed by atoms with Crippen molar-refractivity contribution in [1.82, 2.24) is 5.01 Å². The molecule has 42 heavy (non-hydrogen) atoms. The maximum atomic E-state index is 12.9. The summed E-state index contributed by atoms with van der Waals surface area (Å²) in [6.07, 6.45) is 4.15. The summed E-state index contributed by atoms with van der Waals surface area (Å²) in [5, 5.41) is 15.9. The van der Waals surface area contributed by atoms with Crippen LogP contribution in [0.25, 0.3) is 6.08 Å². The van der Waals surface area contributed by atoms with Crippen LogP contribution in [0.3, 0.4) is 0 Å².